The predicted octanol–water partition coefficient (Wildman–Crippen LogP) is 1.47. The van der Waals surface area contributed by atoms with Crippen molar-refractivity contribution in [1.82, 2.24) is 10.3 Å². The highest BCUT2D eigenvalue weighted by molar-refractivity contribution is 5.40. The molecule has 0 aliphatic carbocycles. The minimum absolute atomic E-state index is 0.135. The fraction of sp³-hybridized carbons (Fsp3) is 0.308. The van der Waals surface area contributed by atoms with Crippen LogP contribution in [0.25, 0.3) is 0 Å². The summed E-state index contributed by atoms with van der Waals surface area (Å²) in [6, 6.07) is 1.87. The van der Waals surface area contributed by atoms with Gasteiger partial charge in [-0.15, -0.1) is 0 Å². The summed E-state index contributed by atoms with van der Waals surface area (Å²) in [7, 11) is 0. The Morgan fingerprint density at radius 3 is 2.89 bits per heavy atom. The van der Waals surface area contributed by atoms with E-state index in [4.69, 9.17) is 4.42 Å². The molecular weight excluding hydrogens is 232 g/mol. The Balaban J connectivity index is 2.06. The minimum atomic E-state index is -0.135. The Bertz CT molecular complexity index is 509. The molecule has 0 unspecified atom stereocenters. The van der Waals surface area contributed by atoms with E-state index in [1.165, 1.54) is 0 Å². The van der Waals surface area contributed by atoms with Crippen LogP contribution in [0.4, 0.5) is 0 Å². The molecule has 18 heavy (non-hydrogen) atoms. The van der Waals surface area contributed by atoms with Crippen molar-refractivity contribution in [3.63, 3.8) is 0 Å². The Morgan fingerprint density at radius 1 is 1.39 bits per heavy atom. The number of aryl methyl sites for hydroxylation is 1. The predicted molar refractivity (Wildman–Crippen MR) is 65.8 cm³/mol. The number of aromatic nitrogens is 1. The third-order valence-corrected chi connectivity index (χ3v) is 2.81. The first-order valence-electron chi connectivity index (χ1n) is 5.71. The number of hydrogen-bond donors (Lipinski definition) is 3. The zero-order valence-electron chi connectivity index (χ0n) is 10.2. The maximum absolute atomic E-state index is 9.93. The molecule has 0 spiro atoms. The second-order valence-electron chi connectivity index (χ2n) is 4.09. The first kappa shape index (κ1) is 12.6. The molecule has 96 valence electrons. The van der Waals surface area contributed by atoms with E-state index in [2.05, 4.69) is 10.3 Å². The molecule has 2 heterocycles. The lowest BCUT2D eigenvalue weighted by molar-refractivity contribution is 0.278. The standard InChI is InChI=1S/C13H16N2O3/c1-9-13(17)12(11(7-16)5-15-9)6-14-4-10-2-3-18-8-10/h2-3,5,8,14,16-17H,4,6-7H2,1H3. The van der Waals surface area contributed by atoms with Crippen LogP contribution in [-0.4, -0.2) is 15.2 Å². The molecule has 0 saturated carbocycles. The average Bonchev–Trinajstić information content (AvgIpc) is 2.88. The first-order chi connectivity index (χ1) is 8.72. The lowest BCUT2D eigenvalue weighted by atomic mass is 10.1. The summed E-state index contributed by atoms with van der Waals surface area (Å²) in [6.45, 7) is 2.71. The Kier molecular flexibility index (Phi) is 3.96. The fourth-order valence-electron chi connectivity index (χ4n) is 1.74. The van der Waals surface area contributed by atoms with Crippen molar-refractivity contribution in [2.45, 2.75) is 26.6 Å². The highest BCUT2D eigenvalue weighted by atomic mass is 16.3. The molecule has 0 atom stereocenters. The van der Waals surface area contributed by atoms with E-state index in [0.717, 1.165) is 5.56 Å². The van der Waals surface area contributed by atoms with E-state index in [9.17, 15) is 10.2 Å². The fourth-order valence-corrected chi connectivity index (χ4v) is 1.74. The van der Waals surface area contributed by atoms with Crippen molar-refractivity contribution in [2.75, 3.05) is 0 Å². The van der Waals surface area contributed by atoms with E-state index in [1.807, 2.05) is 6.07 Å². The zero-order valence-corrected chi connectivity index (χ0v) is 10.2. The number of pyridine rings is 1. The number of furan rings is 1. The van der Waals surface area contributed by atoms with Crippen LogP contribution in [0.5, 0.6) is 5.75 Å². The van der Waals surface area contributed by atoms with Crippen LogP contribution in [0.1, 0.15) is 22.4 Å². The molecule has 2 aromatic heterocycles. The van der Waals surface area contributed by atoms with Gasteiger partial charge in [-0.25, -0.2) is 0 Å². The van der Waals surface area contributed by atoms with Gasteiger partial charge in [-0.05, 0) is 13.0 Å². The molecule has 0 saturated heterocycles. The molecule has 0 fully saturated rings. The van der Waals surface area contributed by atoms with E-state index in [1.54, 1.807) is 25.6 Å². The smallest absolute Gasteiger partial charge is 0.141 e. The van der Waals surface area contributed by atoms with Crippen molar-refractivity contribution < 1.29 is 14.6 Å². The lowest BCUT2D eigenvalue weighted by Gasteiger charge is -2.11. The molecule has 0 bridgehead atoms. The molecule has 0 aliphatic rings. The number of rotatable bonds is 5. The highest BCUT2D eigenvalue weighted by Gasteiger charge is 2.10. The summed E-state index contributed by atoms with van der Waals surface area (Å²) in [5.74, 6) is 0.140. The van der Waals surface area contributed by atoms with Crippen molar-refractivity contribution in [2.24, 2.45) is 0 Å². The highest BCUT2D eigenvalue weighted by Crippen LogP contribution is 2.23. The molecule has 0 aliphatic heterocycles. The van der Waals surface area contributed by atoms with E-state index in [0.29, 0.717) is 29.9 Å². The quantitative estimate of drug-likeness (QED) is 0.746. The molecular formula is C13H16N2O3. The van der Waals surface area contributed by atoms with Crippen molar-refractivity contribution in [3.05, 3.63) is 47.2 Å². The lowest BCUT2D eigenvalue weighted by Crippen LogP contribution is -2.14. The number of aliphatic hydroxyl groups is 1. The van der Waals surface area contributed by atoms with Gasteiger partial charge in [-0.2, -0.15) is 0 Å². The Morgan fingerprint density at radius 2 is 2.22 bits per heavy atom. The van der Waals surface area contributed by atoms with Crippen LogP contribution in [0, 0.1) is 6.92 Å². The number of aliphatic hydroxyl groups excluding tert-OH is 1. The maximum Gasteiger partial charge on any atom is 0.141 e. The van der Waals surface area contributed by atoms with Crippen LogP contribution < -0.4 is 5.32 Å². The van der Waals surface area contributed by atoms with Gasteiger partial charge in [0.15, 0.2) is 0 Å². The number of nitrogens with one attached hydrogen (secondary N) is 1. The van der Waals surface area contributed by atoms with Crippen LogP contribution in [-0.2, 0) is 19.7 Å². The molecule has 0 radical (unpaired) electrons. The monoisotopic (exact) mass is 248 g/mol. The average molecular weight is 248 g/mol. The van der Waals surface area contributed by atoms with Gasteiger partial charge in [0, 0.05) is 36.0 Å². The molecule has 5 heteroatoms. The van der Waals surface area contributed by atoms with Crippen LogP contribution in [0.15, 0.2) is 29.2 Å². The van der Waals surface area contributed by atoms with Gasteiger partial charge in [-0.3, -0.25) is 4.98 Å². The zero-order chi connectivity index (χ0) is 13.0. The topological polar surface area (TPSA) is 78.5 Å². The van der Waals surface area contributed by atoms with Crippen molar-refractivity contribution in [1.29, 1.82) is 0 Å². The molecule has 0 amide bonds. The van der Waals surface area contributed by atoms with Crippen molar-refractivity contribution >= 4 is 0 Å². The van der Waals surface area contributed by atoms with E-state index < -0.39 is 0 Å². The largest absolute Gasteiger partial charge is 0.506 e. The Hall–Kier alpha value is -1.85. The van der Waals surface area contributed by atoms with Gasteiger partial charge in [0.05, 0.1) is 24.8 Å². The van der Waals surface area contributed by atoms with Gasteiger partial charge in [0.25, 0.3) is 0 Å². The summed E-state index contributed by atoms with van der Waals surface area (Å²) < 4.78 is 4.97. The second-order valence-corrected chi connectivity index (χ2v) is 4.09. The number of nitrogens with zero attached hydrogens (tertiary/aromatic N) is 1. The van der Waals surface area contributed by atoms with Gasteiger partial charge in [0.2, 0.25) is 0 Å². The maximum atomic E-state index is 9.93. The van der Waals surface area contributed by atoms with Crippen LogP contribution in [0.3, 0.4) is 0 Å². The third-order valence-electron chi connectivity index (χ3n) is 2.81. The Labute approximate surface area is 105 Å². The number of hydrogen-bond acceptors (Lipinski definition) is 5. The SMILES string of the molecule is Cc1ncc(CO)c(CNCc2ccoc2)c1O. The summed E-state index contributed by atoms with van der Waals surface area (Å²) in [5, 5.41) is 22.3. The summed E-state index contributed by atoms with van der Waals surface area (Å²) >= 11 is 0. The normalized spacial score (nSPS) is 10.8. The van der Waals surface area contributed by atoms with E-state index >= 15 is 0 Å². The molecule has 0 aromatic carbocycles. The minimum Gasteiger partial charge on any atom is -0.506 e. The summed E-state index contributed by atoms with van der Waals surface area (Å²) in [5.41, 5.74) is 2.92. The number of aromatic hydroxyl groups is 1. The van der Waals surface area contributed by atoms with Crippen LogP contribution >= 0.6 is 0 Å². The van der Waals surface area contributed by atoms with Crippen LogP contribution in [0.2, 0.25) is 0 Å². The third kappa shape index (κ3) is 2.69. The molecule has 3 N–H and O–H groups in total. The molecule has 2 aromatic rings. The first-order valence-corrected chi connectivity index (χ1v) is 5.71. The van der Waals surface area contributed by atoms with E-state index in [-0.39, 0.29) is 12.4 Å². The second kappa shape index (κ2) is 5.66. The van der Waals surface area contributed by atoms with Gasteiger partial charge < -0.3 is 19.9 Å². The molecule has 5 nitrogen and oxygen atoms in total. The summed E-state index contributed by atoms with van der Waals surface area (Å²) in [6.07, 6.45) is 4.87. The van der Waals surface area contributed by atoms with Gasteiger partial charge >= 0.3 is 0 Å². The van der Waals surface area contributed by atoms with Crippen molar-refractivity contribution in [3.8, 4) is 5.75 Å². The van der Waals surface area contributed by atoms with Gasteiger partial charge in [0.1, 0.15) is 5.75 Å². The summed E-state index contributed by atoms with van der Waals surface area (Å²) in [4.78, 5) is 4.02. The molecule has 2 rings (SSSR count). The van der Waals surface area contributed by atoms with Gasteiger partial charge in [-0.1, -0.05) is 0 Å².